The molecule has 9 heteroatoms. The summed E-state index contributed by atoms with van der Waals surface area (Å²) in [4.78, 5) is 43.7. The fourth-order valence-electron chi connectivity index (χ4n) is 3.11. The largest absolute Gasteiger partial charge is 0.337 e. The molecule has 1 aliphatic heterocycles. The molecule has 2 N–H and O–H groups in total. The van der Waals surface area contributed by atoms with E-state index in [4.69, 9.17) is 0 Å². The number of fused-ring (bicyclic) bond motifs is 1. The fourth-order valence-corrected chi connectivity index (χ4v) is 4.15. The average Bonchev–Trinajstić information content (AvgIpc) is 3.09. The van der Waals surface area contributed by atoms with E-state index in [2.05, 4.69) is 15.6 Å². The van der Waals surface area contributed by atoms with E-state index in [-0.39, 0.29) is 36.4 Å². The molecule has 1 aromatic carbocycles. The Morgan fingerprint density at radius 3 is 2.47 bits per heavy atom. The summed E-state index contributed by atoms with van der Waals surface area (Å²) >= 11 is 1.37. The van der Waals surface area contributed by atoms with Crippen molar-refractivity contribution in [2.45, 2.75) is 46.1 Å². The van der Waals surface area contributed by atoms with Gasteiger partial charge in [0, 0.05) is 42.8 Å². The Bertz CT molecular complexity index is 927. The number of nitrogens with zero attached hydrogens (tertiary/aromatic N) is 2. The highest BCUT2D eigenvalue weighted by molar-refractivity contribution is 7.15. The van der Waals surface area contributed by atoms with Crippen LogP contribution in [0.4, 0.5) is 15.2 Å². The zero-order valence-corrected chi connectivity index (χ0v) is 17.9. The second-order valence-electron chi connectivity index (χ2n) is 7.66. The van der Waals surface area contributed by atoms with Crippen LogP contribution in [-0.4, -0.2) is 34.2 Å². The van der Waals surface area contributed by atoms with Gasteiger partial charge in [0.15, 0.2) is 5.13 Å². The molecule has 0 saturated carbocycles. The molecule has 0 bridgehead atoms. The van der Waals surface area contributed by atoms with Crippen molar-refractivity contribution >= 4 is 39.9 Å². The van der Waals surface area contributed by atoms with E-state index in [1.165, 1.54) is 35.6 Å². The molecular weight excluding hydrogens is 407 g/mol. The first-order valence-corrected chi connectivity index (χ1v) is 10.7. The van der Waals surface area contributed by atoms with Crippen molar-refractivity contribution in [1.29, 1.82) is 0 Å². The maximum Gasteiger partial charge on any atom is 0.226 e. The molecule has 1 aromatic heterocycles. The van der Waals surface area contributed by atoms with Gasteiger partial charge >= 0.3 is 0 Å². The molecule has 7 nitrogen and oxygen atoms in total. The van der Waals surface area contributed by atoms with E-state index in [0.717, 1.165) is 10.6 Å². The third-order valence-corrected chi connectivity index (χ3v) is 5.62. The third-order valence-electron chi connectivity index (χ3n) is 4.62. The van der Waals surface area contributed by atoms with Crippen molar-refractivity contribution in [3.63, 3.8) is 0 Å². The highest BCUT2D eigenvalue weighted by atomic mass is 32.1. The van der Waals surface area contributed by atoms with Gasteiger partial charge in [0.25, 0.3) is 0 Å². The summed E-state index contributed by atoms with van der Waals surface area (Å²) in [6.45, 7) is 5.20. The highest BCUT2D eigenvalue weighted by Gasteiger charge is 2.24. The van der Waals surface area contributed by atoms with Crippen LogP contribution >= 0.6 is 11.3 Å². The topological polar surface area (TPSA) is 91.4 Å². The number of carbonyl (C=O) groups excluding carboxylic acids is 3. The lowest BCUT2D eigenvalue weighted by atomic mass is 10.1. The maximum atomic E-state index is 12.9. The molecule has 2 heterocycles. The number of carbonyl (C=O) groups is 3. The van der Waals surface area contributed by atoms with Crippen LogP contribution in [0.25, 0.3) is 0 Å². The molecule has 3 rings (SSSR count). The molecule has 0 aliphatic carbocycles. The number of nitrogens with one attached hydrogen (secondary N) is 2. The summed E-state index contributed by atoms with van der Waals surface area (Å²) in [5.41, 5.74) is 1.39. The van der Waals surface area contributed by atoms with E-state index >= 15 is 0 Å². The Morgan fingerprint density at radius 1 is 1.13 bits per heavy atom. The minimum Gasteiger partial charge on any atom is -0.337 e. The van der Waals surface area contributed by atoms with Crippen LogP contribution in [0.15, 0.2) is 24.3 Å². The predicted octanol–water partition coefficient (Wildman–Crippen LogP) is 3.57. The summed E-state index contributed by atoms with van der Waals surface area (Å²) in [6, 6.07) is 5.43. The Balaban J connectivity index is 1.47. The molecule has 0 radical (unpaired) electrons. The number of rotatable bonds is 7. The van der Waals surface area contributed by atoms with Gasteiger partial charge in [-0.05, 0) is 30.2 Å². The maximum absolute atomic E-state index is 12.9. The number of thiazole rings is 1. The van der Waals surface area contributed by atoms with Crippen molar-refractivity contribution in [3.05, 3.63) is 40.7 Å². The monoisotopic (exact) mass is 432 g/mol. The van der Waals surface area contributed by atoms with Crippen LogP contribution in [0.3, 0.4) is 0 Å². The first-order chi connectivity index (χ1) is 14.3. The summed E-state index contributed by atoms with van der Waals surface area (Å²) in [5, 5.41) is 5.85. The molecule has 0 spiro atoms. The van der Waals surface area contributed by atoms with Crippen molar-refractivity contribution in [2.75, 3.05) is 17.2 Å². The number of hydrogen-bond donors (Lipinski definition) is 2. The van der Waals surface area contributed by atoms with E-state index in [0.29, 0.717) is 42.7 Å². The minimum absolute atomic E-state index is 0.00574. The van der Waals surface area contributed by atoms with Gasteiger partial charge in [-0.15, -0.1) is 0 Å². The van der Waals surface area contributed by atoms with Crippen LogP contribution in [-0.2, 0) is 27.3 Å². The van der Waals surface area contributed by atoms with Crippen LogP contribution in [0.2, 0.25) is 0 Å². The predicted molar refractivity (Wildman–Crippen MR) is 114 cm³/mol. The van der Waals surface area contributed by atoms with Crippen LogP contribution in [0.1, 0.15) is 43.7 Å². The van der Waals surface area contributed by atoms with Gasteiger partial charge < -0.3 is 15.5 Å². The lowest BCUT2D eigenvalue weighted by molar-refractivity contribution is -0.132. The van der Waals surface area contributed by atoms with Crippen LogP contribution in [0.5, 0.6) is 0 Å². The molecule has 30 heavy (non-hydrogen) atoms. The molecule has 0 atom stereocenters. The van der Waals surface area contributed by atoms with Crippen molar-refractivity contribution in [3.8, 4) is 0 Å². The Kier molecular flexibility index (Phi) is 7.15. The van der Waals surface area contributed by atoms with Gasteiger partial charge in [-0.25, -0.2) is 9.37 Å². The second kappa shape index (κ2) is 9.80. The Hall–Kier alpha value is -2.81. The lowest BCUT2D eigenvalue weighted by Crippen LogP contribution is -2.36. The van der Waals surface area contributed by atoms with Crippen molar-refractivity contribution < 1.29 is 18.8 Å². The van der Waals surface area contributed by atoms with E-state index < -0.39 is 0 Å². The number of halogens is 1. The normalized spacial score (nSPS) is 13.1. The lowest BCUT2D eigenvalue weighted by Gasteiger charge is -2.26. The standard InChI is InChI=1S/C21H25FN4O3S/c1-13(2)11-20(29)26-10-9-16-17(12-26)30-21(24-16)25-19(28)8-7-18(27)23-15-5-3-14(22)4-6-15/h3-6,13H,7-12H2,1-2H3,(H,23,27)(H,24,25,28). The Labute approximate surface area is 178 Å². The van der Waals surface area contributed by atoms with Gasteiger partial charge in [0.1, 0.15) is 5.82 Å². The number of hydrogen-bond acceptors (Lipinski definition) is 5. The zero-order chi connectivity index (χ0) is 21.7. The Morgan fingerprint density at radius 2 is 1.80 bits per heavy atom. The molecular formula is C21H25FN4O3S. The third kappa shape index (κ3) is 6.09. The summed E-state index contributed by atoms with van der Waals surface area (Å²) in [6.07, 6.45) is 1.21. The first-order valence-electron chi connectivity index (χ1n) is 9.91. The molecule has 3 amide bonds. The smallest absolute Gasteiger partial charge is 0.226 e. The highest BCUT2D eigenvalue weighted by Crippen LogP contribution is 2.29. The molecule has 2 aromatic rings. The van der Waals surface area contributed by atoms with E-state index in [1.807, 2.05) is 18.7 Å². The minimum atomic E-state index is -0.383. The number of anilines is 2. The van der Waals surface area contributed by atoms with Crippen LogP contribution in [0, 0.1) is 11.7 Å². The SMILES string of the molecule is CC(C)CC(=O)N1CCc2nc(NC(=O)CCC(=O)Nc3ccc(F)cc3)sc2C1. The molecule has 0 unspecified atom stereocenters. The van der Waals surface area contributed by atoms with E-state index in [9.17, 15) is 18.8 Å². The molecule has 160 valence electrons. The van der Waals surface area contributed by atoms with Crippen molar-refractivity contribution in [1.82, 2.24) is 9.88 Å². The molecule has 0 fully saturated rings. The second-order valence-corrected chi connectivity index (χ2v) is 8.74. The zero-order valence-electron chi connectivity index (χ0n) is 17.0. The van der Waals surface area contributed by atoms with Gasteiger partial charge in [-0.2, -0.15) is 0 Å². The van der Waals surface area contributed by atoms with Gasteiger partial charge in [-0.1, -0.05) is 25.2 Å². The first kappa shape index (κ1) is 21.9. The molecule has 0 saturated heterocycles. The van der Waals surface area contributed by atoms with Gasteiger partial charge in [0.05, 0.1) is 12.2 Å². The summed E-state index contributed by atoms with van der Waals surface area (Å²) in [7, 11) is 0. The van der Waals surface area contributed by atoms with Gasteiger partial charge in [0.2, 0.25) is 17.7 Å². The van der Waals surface area contributed by atoms with E-state index in [1.54, 1.807) is 0 Å². The summed E-state index contributed by atoms with van der Waals surface area (Å²) in [5.74, 6) is -0.555. The average molecular weight is 433 g/mol. The number of amides is 3. The van der Waals surface area contributed by atoms with Gasteiger partial charge in [-0.3, -0.25) is 14.4 Å². The van der Waals surface area contributed by atoms with Crippen molar-refractivity contribution in [2.24, 2.45) is 5.92 Å². The van der Waals surface area contributed by atoms with Crippen LogP contribution < -0.4 is 10.6 Å². The number of benzene rings is 1. The summed E-state index contributed by atoms with van der Waals surface area (Å²) < 4.78 is 12.9. The fraction of sp³-hybridized carbons (Fsp3) is 0.429. The quantitative estimate of drug-likeness (QED) is 0.700. The molecule has 1 aliphatic rings. The number of aromatic nitrogens is 1.